The van der Waals surface area contributed by atoms with Crippen LogP contribution in [0.3, 0.4) is 0 Å². The minimum atomic E-state index is -1.34. The lowest BCUT2D eigenvalue weighted by atomic mass is 10.0. The van der Waals surface area contributed by atoms with E-state index >= 15 is 0 Å². The summed E-state index contributed by atoms with van der Waals surface area (Å²) in [6.07, 6.45) is 17.6. The van der Waals surface area contributed by atoms with E-state index in [4.69, 9.17) is 18.9 Å². The van der Waals surface area contributed by atoms with Crippen LogP contribution in [0, 0.1) is 11.3 Å². The smallest absolute Gasteiger partial charge is 0.331 e. The van der Waals surface area contributed by atoms with Gasteiger partial charge in [-0.25, -0.2) is 4.79 Å². The van der Waals surface area contributed by atoms with E-state index in [9.17, 15) is 40.2 Å². The van der Waals surface area contributed by atoms with Crippen LogP contribution in [-0.2, 0) is 28.5 Å². The minimum absolute atomic E-state index is 0.0174. The molecule has 1 fully saturated rings. The van der Waals surface area contributed by atoms with Gasteiger partial charge in [0.05, 0.1) is 43.7 Å². The third-order valence-corrected chi connectivity index (χ3v) is 15.2. The Morgan fingerprint density at radius 1 is 0.917 bits per heavy atom. The summed E-state index contributed by atoms with van der Waals surface area (Å²) in [5.74, 6) is -1.21. The number of carbonyl (C=O) groups is 2. The number of aliphatic hydroxyl groups excluding tert-OH is 6. The summed E-state index contributed by atoms with van der Waals surface area (Å²) < 4.78 is 23.8. The van der Waals surface area contributed by atoms with Gasteiger partial charge in [-0.2, -0.15) is 0 Å². The van der Waals surface area contributed by atoms with Crippen molar-refractivity contribution in [2.75, 3.05) is 7.11 Å². The Bertz CT molecular complexity index is 1820. The van der Waals surface area contributed by atoms with Gasteiger partial charge in [0.15, 0.2) is 0 Å². The van der Waals surface area contributed by atoms with E-state index in [-0.39, 0.29) is 38.1 Å². The van der Waals surface area contributed by atoms with Crippen LogP contribution in [0.25, 0.3) is 0 Å². The Balaban J connectivity index is 2.06. The maximum absolute atomic E-state index is 13.1. The third-order valence-electron chi connectivity index (χ3n) is 14.8. The van der Waals surface area contributed by atoms with Crippen molar-refractivity contribution >= 4 is 27.9 Å². The van der Waals surface area contributed by atoms with Crippen molar-refractivity contribution in [1.82, 2.24) is 0 Å². The monoisotopic (exact) mass is 1120 g/mol. The number of aliphatic hydroxyl groups is 6. The molecule has 0 aromatic heterocycles. The summed E-state index contributed by atoms with van der Waals surface area (Å²) >= 11 is 3.29. The van der Waals surface area contributed by atoms with Gasteiger partial charge in [0.1, 0.15) is 29.7 Å². The molecule has 2 aliphatic rings. The standard InChI is InChI=1S/C59H97BrO12/c1-12-13-14-15-16-17-18-19-20-21-22-23-24-28-56(67)70-47(35-44(6)51(39-60)69-11)36-49(62)45(7)50(63)38-53(65)58(8,9)52(64)32-43(5)33-54(66)59(10)55-37-48(72-59)31-42(4)29-41(3)30-46(61)27-25-26-40(2)34-57(68)71-55/h25-26,29,33-34,39,45-50,52-55,61-66H,3,6,12-24,27-28,30-32,35-38H2,1-2,4-5,7-11H3/b26-25+,40-34+,42-29+,43-33+,51-39+/t45-,46+,47+,48?,49-,50+,52-,53+,54+,55+,59+/m0/s1/i2+1,3+1,4+1,6+1,7+1,8+1,9+1,10+1,25+1,26+1,27+1,29+1,30+1,31+1,32+1,33+1,34+1,35+1,36+1,37+1,38+1,39+1,40+1,41+1,42+1,43+1,44+1,45+1,46+1,47+1,48+1,49+1,50+1,51+1,52+1,53+1,54+1,55+1,57+1,58+1,59+1. The molecule has 0 spiro atoms. The number of hydrogen-bond donors (Lipinski definition) is 6. The van der Waals surface area contributed by atoms with Crippen LogP contribution in [0.5, 0.6) is 0 Å². The van der Waals surface area contributed by atoms with Crippen LogP contribution < -0.4 is 0 Å². The van der Waals surface area contributed by atoms with Crippen LogP contribution in [-0.4, -0.2) is 110 Å². The quantitative estimate of drug-likeness (QED) is 0.00963. The molecule has 0 aliphatic carbocycles. The zero-order chi connectivity index (χ0) is 54.0. The summed E-state index contributed by atoms with van der Waals surface area (Å²) in [4.78, 5) is 27.9. The molecule has 1 unspecified atom stereocenters. The molecule has 0 aromatic rings. The number of carbonyl (C=O) groups excluding carboxylic acids is 2. The number of methoxy groups -OCH3 is 1. The topological polar surface area (TPSA) is 192 Å². The zero-order valence-corrected chi connectivity index (χ0v) is 47.3. The van der Waals surface area contributed by atoms with Crippen LogP contribution in [0.1, 0.15) is 197 Å². The fourth-order valence-electron chi connectivity index (χ4n) is 9.66. The Hall–Kier alpha value is -2.88. The first kappa shape index (κ1) is 65.2. The lowest BCUT2D eigenvalue weighted by Gasteiger charge is -2.38. The second-order valence-corrected chi connectivity index (χ2v) is 22.4. The zero-order valence-electron chi connectivity index (χ0n) is 45.7. The van der Waals surface area contributed by atoms with Gasteiger partial charge in [-0.1, -0.05) is 175 Å². The van der Waals surface area contributed by atoms with Crippen molar-refractivity contribution in [3.63, 3.8) is 0 Å². The number of rotatable bonds is 31. The highest BCUT2D eigenvalue weighted by atomic mass is 79.9. The lowest BCUT2D eigenvalue weighted by molar-refractivity contribution is -0.163. The molecular formula is C59H97BrO12. The van der Waals surface area contributed by atoms with Gasteiger partial charge in [-0.3, -0.25) is 4.79 Å². The first-order valence-electron chi connectivity index (χ1n) is 27.0. The molecule has 0 aromatic carbocycles. The van der Waals surface area contributed by atoms with Gasteiger partial charge in [-0.05, 0) is 70.9 Å². The lowest BCUT2D eigenvalue weighted by Crippen LogP contribution is -2.48. The molecular weight excluding hydrogens is 1020 g/mol. The van der Waals surface area contributed by atoms with Crippen LogP contribution in [0.15, 0.2) is 82.1 Å². The SMILES string of the molecule is CCCCCCCCCCCCCCCC(=O)O[13C@H]([13CH2][13C](=[13CH2])/[13C](=[13CH]\Br)OC)[13CH2][13C@H](O)[13C@H]([13CH3])[13C@H](O)[13CH2][13C@@H](O)[13C]([13CH3])([13CH3])[13C@@H](O)[13CH2]/[13C](C)=[13CH]/[13C@@H](O)[13C@@]1([13CH3])O[13CH]2[13CH2]/[13C]([13CH3])=[13CH]/[13C](=[13CH2])[13CH2][13C@H](O)[13CH2]/[13CH]=[13CH]/[13C]([13CH3])=[13CH]/[13C](=O)O[13C@@H]1[13CH2]2. The third kappa shape index (κ3) is 23.8. The summed E-state index contributed by atoms with van der Waals surface area (Å²) in [6.45, 7) is 22.7. The van der Waals surface area contributed by atoms with Crippen LogP contribution in [0.4, 0.5) is 0 Å². The fourth-order valence-corrected chi connectivity index (χ4v) is 10.2. The molecule has 0 amide bonds. The van der Waals surface area contributed by atoms with Gasteiger partial charge in [0.2, 0.25) is 0 Å². The molecule has 12 nitrogen and oxygen atoms in total. The van der Waals surface area contributed by atoms with Gasteiger partial charge < -0.3 is 49.6 Å². The Labute approximate surface area is 442 Å². The van der Waals surface area contributed by atoms with Crippen LogP contribution >= 0.6 is 15.9 Å². The summed E-state index contributed by atoms with van der Waals surface area (Å²) in [7, 11) is 1.51. The van der Waals surface area contributed by atoms with Crippen molar-refractivity contribution in [2.24, 2.45) is 11.3 Å². The molecule has 11 atom stereocenters. The molecule has 2 rings (SSSR count). The van der Waals surface area contributed by atoms with Crippen molar-refractivity contribution < 1.29 is 59.2 Å². The maximum Gasteiger partial charge on any atom is 0.331 e. The predicted molar refractivity (Wildman–Crippen MR) is 292 cm³/mol. The largest absolute Gasteiger partial charge is 0.496 e. The van der Waals surface area contributed by atoms with Gasteiger partial charge in [0, 0.05) is 54.5 Å². The van der Waals surface area contributed by atoms with E-state index in [0.717, 1.165) is 30.4 Å². The Kier molecular flexibility index (Phi) is 30.7. The number of allylic oxidation sites excluding steroid dienone is 4. The molecule has 0 radical (unpaired) electrons. The molecule has 2 heterocycles. The molecule has 1 saturated heterocycles. The molecule has 13 heteroatoms. The molecule has 6 N–H and O–H groups in total. The number of ether oxygens (including phenoxy) is 4. The number of fused-ring (bicyclic) bond motifs is 2. The number of unbranched alkanes of at least 4 members (excludes halogenated alkanes) is 12. The minimum Gasteiger partial charge on any atom is -0.496 e. The van der Waals surface area contributed by atoms with Gasteiger partial charge >= 0.3 is 11.9 Å². The Morgan fingerprint density at radius 3 is 2.08 bits per heavy atom. The first-order valence-corrected chi connectivity index (χ1v) is 27.9. The van der Waals surface area contributed by atoms with Crippen molar-refractivity contribution in [1.29, 1.82) is 0 Å². The summed E-state index contributed by atoms with van der Waals surface area (Å²) in [6, 6.07) is 0. The van der Waals surface area contributed by atoms with E-state index in [1.54, 1.807) is 64.8 Å². The second-order valence-electron chi connectivity index (χ2n) is 21.9. The maximum atomic E-state index is 13.1. The molecule has 2 bridgehead atoms. The van der Waals surface area contributed by atoms with E-state index in [2.05, 4.69) is 36.0 Å². The van der Waals surface area contributed by atoms with E-state index in [1.165, 1.54) is 71.0 Å². The molecule has 2 aliphatic heterocycles. The van der Waals surface area contributed by atoms with Crippen molar-refractivity contribution in [3.8, 4) is 0 Å². The number of esters is 2. The number of hydrogen-bond acceptors (Lipinski definition) is 12. The Morgan fingerprint density at radius 2 is 1.50 bits per heavy atom. The van der Waals surface area contributed by atoms with Crippen LogP contribution in [0.2, 0.25) is 0 Å². The normalized spacial score (nSPS) is 25.7. The highest BCUT2D eigenvalue weighted by Crippen LogP contribution is 2.40. The highest BCUT2D eigenvalue weighted by Gasteiger charge is 2.51. The average molecular weight is 1120 g/mol. The predicted octanol–water partition coefficient (Wildman–Crippen LogP) is 11.8. The van der Waals surface area contributed by atoms with Crippen molar-refractivity contribution in [3.05, 3.63) is 82.1 Å². The highest BCUT2D eigenvalue weighted by molar-refractivity contribution is 9.11. The number of halogens is 1. The molecule has 72 heavy (non-hydrogen) atoms. The second kappa shape index (κ2) is 33.9. The first-order chi connectivity index (χ1) is 34.0. The van der Waals surface area contributed by atoms with E-state index in [1.807, 2.05) is 13.0 Å². The van der Waals surface area contributed by atoms with Crippen molar-refractivity contribution in [2.45, 2.75) is 257 Å². The van der Waals surface area contributed by atoms with E-state index < -0.39 is 77.8 Å². The molecule has 412 valence electrons. The fraction of sp³-hybridized carbons (Fsp3) is 0.729. The summed E-state index contributed by atoms with van der Waals surface area (Å²) in [5.41, 5.74) is 1.08. The van der Waals surface area contributed by atoms with Gasteiger partial charge in [0.25, 0.3) is 0 Å². The molecule has 0 saturated carbocycles. The van der Waals surface area contributed by atoms with E-state index in [0.29, 0.717) is 54.6 Å². The van der Waals surface area contributed by atoms with Gasteiger partial charge in [-0.15, -0.1) is 0 Å². The summed E-state index contributed by atoms with van der Waals surface area (Å²) in [5, 5.41) is 68.3. The average Bonchev–Trinajstić information content (AvgIpc) is 3.61.